The summed E-state index contributed by atoms with van der Waals surface area (Å²) in [4.78, 5) is 16.5. The van der Waals surface area contributed by atoms with E-state index < -0.39 is 11.9 Å². The van der Waals surface area contributed by atoms with Gasteiger partial charge in [-0.05, 0) is 66.3 Å². The molecule has 0 spiro atoms. The molecule has 0 fully saturated rings. The summed E-state index contributed by atoms with van der Waals surface area (Å²) in [6.07, 6.45) is 5.63. The van der Waals surface area contributed by atoms with Crippen LogP contribution in [0, 0.1) is 0 Å². The predicted octanol–water partition coefficient (Wildman–Crippen LogP) is 5.12. The Balaban J connectivity index is 1.45. The number of hydrogen-bond acceptors (Lipinski definition) is 5. The van der Waals surface area contributed by atoms with E-state index in [4.69, 9.17) is 9.72 Å². The molecule has 2 heterocycles. The quantitative estimate of drug-likeness (QED) is 0.431. The normalized spacial score (nSPS) is 14.3. The summed E-state index contributed by atoms with van der Waals surface area (Å²) in [6.45, 7) is 6.77. The van der Waals surface area contributed by atoms with E-state index in [2.05, 4.69) is 38.0 Å². The molecule has 7 heteroatoms. The molecule has 36 heavy (non-hydrogen) atoms. The number of benzene rings is 1. The van der Waals surface area contributed by atoms with Gasteiger partial charge < -0.3 is 14.9 Å². The first-order valence-electron chi connectivity index (χ1n) is 12.8. The highest BCUT2D eigenvalue weighted by Gasteiger charge is 2.24. The molecule has 1 atom stereocenters. The minimum Gasteiger partial charge on any atom is -0.508 e. The molecule has 1 unspecified atom stereocenters. The van der Waals surface area contributed by atoms with Crippen LogP contribution in [0.4, 0.5) is 0 Å². The molecule has 0 saturated carbocycles. The van der Waals surface area contributed by atoms with E-state index in [1.165, 1.54) is 24.1 Å². The number of phenols is 1. The first-order valence-corrected chi connectivity index (χ1v) is 12.8. The van der Waals surface area contributed by atoms with Gasteiger partial charge in [0.1, 0.15) is 5.75 Å². The maximum atomic E-state index is 11.7. The van der Waals surface area contributed by atoms with Crippen LogP contribution < -0.4 is 4.74 Å². The lowest BCUT2D eigenvalue weighted by Gasteiger charge is -2.23. The van der Waals surface area contributed by atoms with Crippen molar-refractivity contribution in [2.75, 3.05) is 6.61 Å². The Labute approximate surface area is 213 Å². The minimum atomic E-state index is -0.912. The Hall–Kier alpha value is -3.35. The molecule has 0 radical (unpaired) electrons. The summed E-state index contributed by atoms with van der Waals surface area (Å²) in [5.74, 6) is -0.582. The van der Waals surface area contributed by atoms with Crippen molar-refractivity contribution in [2.45, 2.75) is 77.0 Å². The highest BCUT2D eigenvalue weighted by molar-refractivity contribution is 5.68. The van der Waals surface area contributed by atoms with Crippen LogP contribution >= 0.6 is 0 Å². The fraction of sp³-hybridized carbons (Fsp3) is 0.483. The molecule has 7 nitrogen and oxygen atoms in total. The molecule has 0 amide bonds. The second-order valence-corrected chi connectivity index (χ2v) is 10.8. The Bertz CT molecular complexity index is 1230. The van der Waals surface area contributed by atoms with Crippen LogP contribution in [0.15, 0.2) is 36.4 Å². The molecule has 1 aromatic carbocycles. The molecule has 0 bridgehead atoms. The van der Waals surface area contributed by atoms with Gasteiger partial charge in [0.15, 0.2) is 0 Å². The number of rotatable bonds is 9. The zero-order valence-corrected chi connectivity index (χ0v) is 21.8. The second kappa shape index (κ2) is 10.7. The maximum absolute atomic E-state index is 11.7. The zero-order chi connectivity index (χ0) is 25.9. The highest BCUT2D eigenvalue weighted by atomic mass is 16.5. The average molecular weight is 492 g/mol. The van der Waals surface area contributed by atoms with Crippen LogP contribution in [0.2, 0.25) is 0 Å². The number of aromatic nitrogens is 3. The Morgan fingerprint density at radius 1 is 1.11 bits per heavy atom. The SMILES string of the molecule is Cn1nc(CC(CC(=O)O)c2cc(C(C)(C)C)ccc2O)cc1OCCc1ccc2c(n1)CCCC2. The summed E-state index contributed by atoms with van der Waals surface area (Å²) < 4.78 is 7.70. The van der Waals surface area contributed by atoms with E-state index in [1.807, 2.05) is 25.2 Å². The molecule has 0 saturated heterocycles. The number of aliphatic carboxylic acids is 1. The molecule has 2 aromatic heterocycles. The summed E-state index contributed by atoms with van der Waals surface area (Å²) >= 11 is 0. The van der Waals surface area contributed by atoms with Gasteiger partial charge in [0.25, 0.3) is 0 Å². The molecule has 2 N–H and O–H groups in total. The van der Waals surface area contributed by atoms with E-state index in [9.17, 15) is 15.0 Å². The van der Waals surface area contributed by atoms with Gasteiger partial charge in [0.05, 0.1) is 18.7 Å². The monoisotopic (exact) mass is 491 g/mol. The topological polar surface area (TPSA) is 97.5 Å². The van der Waals surface area contributed by atoms with Gasteiger partial charge in [0, 0.05) is 36.8 Å². The predicted molar refractivity (Wildman–Crippen MR) is 139 cm³/mol. The van der Waals surface area contributed by atoms with E-state index in [0.29, 0.717) is 30.9 Å². The van der Waals surface area contributed by atoms with E-state index >= 15 is 0 Å². The molecule has 1 aliphatic rings. The lowest BCUT2D eigenvalue weighted by Crippen LogP contribution is -2.14. The van der Waals surface area contributed by atoms with Crippen molar-refractivity contribution < 1.29 is 19.7 Å². The molecule has 192 valence electrons. The number of nitrogens with zero attached hydrogens (tertiary/aromatic N) is 3. The Morgan fingerprint density at radius 3 is 2.64 bits per heavy atom. The number of carbonyl (C=O) groups is 1. The number of pyridine rings is 1. The molecule has 0 aliphatic heterocycles. The van der Waals surface area contributed by atoms with Gasteiger partial charge in [-0.25, -0.2) is 4.68 Å². The standard InChI is InChI=1S/C29H37N3O4/c1-29(2,3)21-10-12-26(33)24(17-21)20(16-28(34)35)15-23-18-27(32(4)31-23)36-14-13-22-11-9-19-7-5-6-8-25(19)30-22/h9-12,17-18,20,33H,5-8,13-16H2,1-4H3,(H,34,35). The Morgan fingerprint density at radius 2 is 1.89 bits per heavy atom. The number of fused-ring (bicyclic) bond motifs is 1. The Kier molecular flexibility index (Phi) is 7.67. The molecular weight excluding hydrogens is 454 g/mol. The summed E-state index contributed by atoms with van der Waals surface area (Å²) in [6, 6.07) is 11.6. The number of hydrogen-bond donors (Lipinski definition) is 2. The van der Waals surface area contributed by atoms with Crippen molar-refractivity contribution in [3.63, 3.8) is 0 Å². The number of ether oxygens (including phenoxy) is 1. The van der Waals surface area contributed by atoms with E-state index in [1.54, 1.807) is 10.7 Å². The van der Waals surface area contributed by atoms with Crippen LogP contribution in [0.5, 0.6) is 11.6 Å². The summed E-state index contributed by atoms with van der Waals surface area (Å²) in [5.41, 5.74) is 5.93. The first-order chi connectivity index (χ1) is 17.1. The largest absolute Gasteiger partial charge is 0.508 e. The minimum absolute atomic E-state index is 0.0993. The smallest absolute Gasteiger partial charge is 0.303 e. The third-order valence-corrected chi connectivity index (χ3v) is 6.94. The van der Waals surface area contributed by atoms with Crippen molar-refractivity contribution in [1.82, 2.24) is 14.8 Å². The molecule has 1 aliphatic carbocycles. The van der Waals surface area contributed by atoms with Crippen molar-refractivity contribution in [3.05, 3.63) is 70.2 Å². The third kappa shape index (κ3) is 6.25. The third-order valence-electron chi connectivity index (χ3n) is 6.94. The van der Waals surface area contributed by atoms with Gasteiger partial charge in [0.2, 0.25) is 5.88 Å². The van der Waals surface area contributed by atoms with Crippen LogP contribution in [0.1, 0.15) is 79.7 Å². The van der Waals surface area contributed by atoms with E-state index in [-0.39, 0.29) is 17.6 Å². The van der Waals surface area contributed by atoms with Crippen molar-refractivity contribution >= 4 is 5.97 Å². The van der Waals surface area contributed by atoms with Crippen molar-refractivity contribution in [1.29, 1.82) is 0 Å². The second-order valence-electron chi connectivity index (χ2n) is 10.8. The number of aryl methyl sites for hydroxylation is 3. The van der Waals surface area contributed by atoms with Crippen molar-refractivity contribution in [3.8, 4) is 11.6 Å². The fourth-order valence-electron chi connectivity index (χ4n) is 4.87. The van der Waals surface area contributed by atoms with E-state index in [0.717, 1.165) is 29.8 Å². The lowest BCUT2D eigenvalue weighted by atomic mass is 9.82. The van der Waals surface area contributed by atoms with Crippen LogP contribution in [0.25, 0.3) is 0 Å². The summed E-state index contributed by atoms with van der Waals surface area (Å²) in [7, 11) is 1.82. The highest BCUT2D eigenvalue weighted by Crippen LogP contribution is 2.35. The van der Waals surface area contributed by atoms with Gasteiger partial charge in [-0.1, -0.05) is 39.0 Å². The maximum Gasteiger partial charge on any atom is 0.303 e. The van der Waals surface area contributed by atoms with Crippen LogP contribution in [-0.2, 0) is 42.9 Å². The number of aromatic hydroxyl groups is 1. The molecular formula is C29H37N3O4. The summed E-state index contributed by atoms with van der Waals surface area (Å²) in [5, 5.41) is 24.7. The molecule has 4 rings (SSSR count). The van der Waals surface area contributed by atoms with Gasteiger partial charge >= 0.3 is 5.97 Å². The first kappa shape index (κ1) is 25.7. The van der Waals surface area contributed by atoms with Gasteiger partial charge in [-0.15, -0.1) is 0 Å². The van der Waals surface area contributed by atoms with Gasteiger partial charge in [-0.2, -0.15) is 5.10 Å². The zero-order valence-electron chi connectivity index (χ0n) is 21.8. The molecule has 3 aromatic rings. The number of phenolic OH excluding ortho intramolecular Hbond substituents is 1. The number of carboxylic acid groups (broad SMARTS) is 1. The number of carboxylic acids is 1. The van der Waals surface area contributed by atoms with Crippen LogP contribution in [0.3, 0.4) is 0 Å². The fourth-order valence-corrected chi connectivity index (χ4v) is 4.87. The lowest BCUT2D eigenvalue weighted by molar-refractivity contribution is -0.137. The van der Waals surface area contributed by atoms with Crippen molar-refractivity contribution in [2.24, 2.45) is 7.05 Å². The average Bonchev–Trinajstić information content (AvgIpc) is 3.16. The van der Waals surface area contributed by atoms with Gasteiger partial charge in [-0.3, -0.25) is 9.78 Å². The van der Waals surface area contributed by atoms with Crippen LogP contribution in [-0.4, -0.2) is 37.6 Å².